The van der Waals surface area contributed by atoms with Crippen molar-refractivity contribution in [1.29, 1.82) is 0 Å². The highest BCUT2D eigenvalue weighted by Crippen LogP contribution is 1.88. The van der Waals surface area contributed by atoms with Crippen LogP contribution in [0.2, 0.25) is 0 Å². The van der Waals surface area contributed by atoms with Gasteiger partial charge < -0.3 is 0 Å². The lowest BCUT2D eigenvalue weighted by Crippen LogP contribution is -2.58. The summed E-state index contributed by atoms with van der Waals surface area (Å²) in [6.07, 6.45) is 0. The van der Waals surface area contributed by atoms with E-state index >= 15 is 0 Å². The Morgan fingerprint density at radius 2 is 1.07 bits per heavy atom. The van der Waals surface area contributed by atoms with E-state index in [0.29, 0.717) is 0 Å². The summed E-state index contributed by atoms with van der Waals surface area (Å²) in [5.74, 6) is 0. The summed E-state index contributed by atoms with van der Waals surface area (Å²) >= 11 is 1.68. The van der Waals surface area contributed by atoms with Gasteiger partial charge in [0.25, 0.3) is 0 Å². The molecule has 0 radical (unpaired) electrons. The van der Waals surface area contributed by atoms with E-state index in [4.69, 9.17) is 18.6 Å². The molecule has 1 aromatic rings. The second-order valence-electron chi connectivity index (χ2n) is 1.96. The Morgan fingerprint density at radius 1 is 0.786 bits per heavy atom. The van der Waals surface area contributed by atoms with E-state index in [2.05, 4.69) is 0 Å². The van der Waals surface area contributed by atoms with Gasteiger partial charge in [0, 0.05) is 0 Å². The first-order chi connectivity index (χ1) is 6.50. The standard InChI is InChI=1S/C8H8S.ClHO4/c1-2-4-6-8-9-7-5-3-1;2-1(3,4)5/h1-8H;(H,2,3,4,5). The third-order valence-corrected chi connectivity index (χ3v) is 1.50. The summed E-state index contributed by atoms with van der Waals surface area (Å²) in [5, 5.41) is 4.08. The molecule has 0 amide bonds. The molecule has 1 heterocycles. The van der Waals surface area contributed by atoms with E-state index in [-0.39, 0.29) is 0 Å². The maximum Gasteiger partial charge on any atom is 0.0777 e. The second-order valence-corrected chi connectivity index (χ2v) is 3.57. The first kappa shape index (κ1) is 13.3. The predicted octanol–water partition coefficient (Wildman–Crippen LogP) is -1.25. The van der Waals surface area contributed by atoms with Crippen molar-refractivity contribution in [3.05, 3.63) is 47.2 Å². The van der Waals surface area contributed by atoms with E-state index in [9.17, 15) is 0 Å². The zero-order valence-corrected chi connectivity index (χ0v) is 8.65. The normalized spacial score (nSPS) is 9.43. The molecular formula is C8H9ClO4S. The van der Waals surface area contributed by atoms with E-state index in [0.717, 1.165) is 0 Å². The van der Waals surface area contributed by atoms with Gasteiger partial charge in [0.05, 0.1) is 14.9 Å². The summed E-state index contributed by atoms with van der Waals surface area (Å²) in [6.45, 7) is 0. The van der Waals surface area contributed by atoms with E-state index in [1.807, 2.05) is 47.2 Å². The van der Waals surface area contributed by atoms with Crippen molar-refractivity contribution >= 4 is 11.3 Å². The lowest BCUT2D eigenvalue weighted by Gasteiger charge is -2.03. The molecule has 0 fully saturated rings. The number of hydrogen-bond acceptors (Lipinski definition) is 5. The Morgan fingerprint density at radius 3 is 1.43 bits per heavy atom. The molecule has 0 bridgehead atoms. The first-order valence-corrected chi connectivity index (χ1v) is 5.64. The van der Waals surface area contributed by atoms with Gasteiger partial charge in [-0.15, -0.1) is 0 Å². The molecule has 1 rings (SSSR count). The highest BCUT2D eigenvalue weighted by molar-refractivity contribution is 7.07. The first-order valence-electron chi connectivity index (χ1n) is 3.44. The molecule has 0 spiro atoms. The maximum absolute atomic E-state index is 8.60. The summed E-state index contributed by atoms with van der Waals surface area (Å²) in [7, 11) is -4.69. The lowest BCUT2D eigenvalue weighted by atomic mass is 10.5. The van der Waals surface area contributed by atoms with Crippen LogP contribution in [0.15, 0.2) is 47.2 Å². The smallest absolute Gasteiger partial charge is 0.0777 e. The van der Waals surface area contributed by atoms with Crippen LogP contribution in [-0.2, 0) is 0 Å². The molecule has 1 N–H and O–H groups in total. The maximum atomic E-state index is 8.60. The molecule has 78 valence electrons. The van der Waals surface area contributed by atoms with Gasteiger partial charge in [0.15, 0.2) is 0 Å². The molecule has 0 saturated carbocycles. The van der Waals surface area contributed by atoms with E-state index < -0.39 is 10.2 Å². The Labute approximate surface area is 87.8 Å². The van der Waals surface area contributed by atoms with Crippen LogP contribution in [0.25, 0.3) is 0 Å². The van der Waals surface area contributed by atoms with Gasteiger partial charge in [-0.3, -0.25) is 0 Å². The van der Waals surface area contributed by atoms with Gasteiger partial charge >= 0.3 is 0 Å². The second kappa shape index (κ2) is 7.69. The van der Waals surface area contributed by atoms with Crippen molar-refractivity contribution in [1.82, 2.24) is 0 Å². The average molecular weight is 237 g/mol. The quantitative estimate of drug-likeness (QED) is 0.610. The van der Waals surface area contributed by atoms with Crippen LogP contribution in [-0.4, -0.2) is 4.66 Å². The topological polar surface area (TPSA) is 89.4 Å². The molecule has 0 unspecified atom stereocenters. The van der Waals surface area contributed by atoms with Gasteiger partial charge in [-0.2, -0.15) is 25.3 Å². The van der Waals surface area contributed by atoms with Crippen LogP contribution in [0.1, 0.15) is 0 Å². The molecular weight excluding hydrogens is 228 g/mol. The average Bonchev–Trinajstić information content (AvgIpc) is 2.14. The molecule has 0 aromatic carbocycles. The van der Waals surface area contributed by atoms with Crippen LogP contribution < -0.4 is 14.0 Å². The SMILES string of the molecule is [O-][Cl+3]([O-])([O-])O.c1ccccsccc1. The summed E-state index contributed by atoms with van der Waals surface area (Å²) in [6, 6.07) is 12.1. The largest absolute Gasteiger partial charge is 0.183 e. The van der Waals surface area contributed by atoms with Crippen molar-refractivity contribution in [2.75, 3.05) is 0 Å². The summed E-state index contributed by atoms with van der Waals surface area (Å²) < 4.78 is 32.7. The highest BCUT2D eigenvalue weighted by atomic mass is 35.7. The third kappa shape index (κ3) is 17.4. The Hall–Kier alpha value is -0.690. The van der Waals surface area contributed by atoms with Crippen LogP contribution in [0.5, 0.6) is 0 Å². The minimum atomic E-state index is -4.69. The molecule has 1 aromatic heterocycles. The summed E-state index contributed by atoms with van der Waals surface area (Å²) in [4.78, 5) is 0. The number of halogens is 1. The van der Waals surface area contributed by atoms with Crippen molar-refractivity contribution in [2.45, 2.75) is 0 Å². The summed E-state index contributed by atoms with van der Waals surface area (Å²) in [5.41, 5.74) is 0. The van der Waals surface area contributed by atoms with Gasteiger partial charge in [-0.25, -0.2) is 0 Å². The van der Waals surface area contributed by atoms with E-state index in [1.54, 1.807) is 11.3 Å². The van der Waals surface area contributed by atoms with Crippen LogP contribution >= 0.6 is 11.3 Å². The van der Waals surface area contributed by atoms with Crippen LogP contribution in [0, 0.1) is 10.2 Å². The fourth-order valence-corrected chi connectivity index (χ4v) is 0.937. The Balaban J connectivity index is 0.000000292. The molecule has 14 heavy (non-hydrogen) atoms. The fourth-order valence-electron chi connectivity index (χ4n) is 0.483. The van der Waals surface area contributed by atoms with Gasteiger partial charge in [0.2, 0.25) is 0 Å². The van der Waals surface area contributed by atoms with Crippen molar-refractivity contribution in [3.63, 3.8) is 0 Å². The molecule has 4 nitrogen and oxygen atoms in total. The van der Waals surface area contributed by atoms with Crippen LogP contribution in [0.3, 0.4) is 0 Å². The van der Waals surface area contributed by atoms with Crippen molar-refractivity contribution in [3.8, 4) is 0 Å². The minimum Gasteiger partial charge on any atom is -0.183 e. The van der Waals surface area contributed by atoms with Crippen molar-refractivity contribution in [2.24, 2.45) is 0 Å². The Bertz CT molecular complexity index is 202. The predicted molar refractivity (Wildman–Crippen MR) is 44.2 cm³/mol. The zero-order valence-electron chi connectivity index (χ0n) is 7.08. The molecule has 0 aliphatic heterocycles. The van der Waals surface area contributed by atoms with E-state index in [1.165, 1.54) is 0 Å². The zero-order chi connectivity index (χ0) is 10.9. The van der Waals surface area contributed by atoms with Crippen LogP contribution in [0.4, 0.5) is 0 Å². The molecule has 0 saturated heterocycles. The number of hydrogen-bond donors (Lipinski definition) is 1. The molecule has 6 heteroatoms. The number of rotatable bonds is 0. The Kier molecular flexibility index (Phi) is 7.31. The molecule has 0 atom stereocenters. The van der Waals surface area contributed by atoms with Crippen molar-refractivity contribution < 1.29 is 28.9 Å². The monoisotopic (exact) mass is 236 g/mol. The lowest BCUT2D eigenvalue weighted by molar-refractivity contribution is -1.92. The molecule has 0 aliphatic carbocycles. The molecule has 0 aliphatic rings. The fraction of sp³-hybridized carbons (Fsp3) is 0. The van der Waals surface area contributed by atoms with Gasteiger partial charge in [0.1, 0.15) is 0 Å². The van der Waals surface area contributed by atoms with Gasteiger partial charge in [-0.1, -0.05) is 36.4 Å². The highest BCUT2D eigenvalue weighted by Gasteiger charge is 1.98. The minimum absolute atomic E-state index is 1.68. The third-order valence-electron chi connectivity index (χ3n) is 0.870. The van der Waals surface area contributed by atoms with Gasteiger partial charge in [-0.05, 0) is 10.8 Å².